The Morgan fingerprint density at radius 2 is 2.07 bits per heavy atom. The summed E-state index contributed by atoms with van der Waals surface area (Å²) in [7, 11) is 0. The molecule has 1 aliphatic carbocycles. The van der Waals surface area contributed by atoms with Gasteiger partial charge in [-0.1, -0.05) is 20.3 Å². The molecule has 0 bridgehead atoms. The summed E-state index contributed by atoms with van der Waals surface area (Å²) in [6.07, 6.45) is 6.45. The van der Waals surface area contributed by atoms with Gasteiger partial charge in [-0.05, 0) is 38.1 Å². The minimum atomic E-state index is 0.729. The highest BCUT2D eigenvalue weighted by Gasteiger charge is 2.26. The van der Waals surface area contributed by atoms with E-state index in [2.05, 4.69) is 19.2 Å². The van der Waals surface area contributed by atoms with Gasteiger partial charge in [-0.2, -0.15) is 0 Å². The van der Waals surface area contributed by atoms with Crippen LogP contribution in [0.3, 0.4) is 0 Å². The van der Waals surface area contributed by atoms with Crippen LogP contribution in [0.15, 0.2) is 0 Å². The average Bonchev–Trinajstić information content (AvgIpc) is 2.63. The molecule has 0 aliphatic heterocycles. The van der Waals surface area contributed by atoms with Gasteiger partial charge in [0.25, 0.3) is 0 Å². The Bertz CT molecular complexity index is 138. The molecule has 2 unspecified atom stereocenters. The summed E-state index contributed by atoms with van der Waals surface area (Å²) in [4.78, 5) is 0. The van der Waals surface area contributed by atoms with Gasteiger partial charge < -0.3 is 10.1 Å². The molecule has 0 aromatic rings. The van der Waals surface area contributed by atoms with Gasteiger partial charge in [-0.15, -0.1) is 0 Å². The molecule has 0 heterocycles. The largest absolute Gasteiger partial charge is 0.381 e. The molecule has 1 rings (SSSR count). The lowest BCUT2D eigenvalue weighted by Gasteiger charge is -2.20. The number of ether oxygens (including phenoxy) is 1. The molecule has 2 atom stereocenters. The first-order valence-corrected chi connectivity index (χ1v) is 6.19. The van der Waals surface area contributed by atoms with Crippen molar-refractivity contribution >= 4 is 0 Å². The lowest BCUT2D eigenvalue weighted by atomic mass is 10.1. The van der Waals surface area contributed by atoms with Gasteiger partial charge >= 0.3 is 0 Å². The van der Waals surface area contributed by atoms with Gasteiger partial charge in [0.05, 0.1) is 6.61 Å². The molecule has 1 fully saturated rings. The van der Waals surface area contributed by atoms with Gasteiger partial charge in [-0.3, -0.25) is 0 Å². The van der Waals surface area contributed by atoms with Crippen LogP contribution in [0.2, 0.25) is 0 Å². The zero-order chi connectivity index (χ0) is 10.2. The van der Waals surface area contributed by atoms with E-state index in [4.69, 9.17) is 4.74 Å². The van der Waals surface area contributed by atoms with E-state index < -0.39 is 0 Å². The third kappa shape index (κ3) is 3.97. The van der Waals surface area contributed by atoms with Crippen LogP contribution in [0, 0.1) is 5.92 Å². The Morgan fingerprint density at radius 1 is 1.21 bits per heavy atom. The van der Waals surface area contributed by atoms with E-state index in [1.165, 1.54) is 25.7 Å². The molecule has 1 aliphatic rings. The van der Waals surface area contributed by atoms with Crippen LogP contribution in [0.5, 0.6) is 0 Å². The maximum atomic E-state index is 5.64. The molecule has 0 radical (unpaired) electrons. The molecular weight excluding hydrogens is 174 g/mol. The van der Waals surface area contributed by atoms with Crippen molar-refractivity contribution in [1.29, 1.82) is 0 Å². The van der Waals surface area contributed by atoms with E-state index in [9.17, 15) is 0 Å². The van der Waals surface area contributed by atoms with E-state index in [0.717, 1.165) is 38.1 Å². The van der Waals surface area contributed by atoms with E-state index >= 15 is 0 Å². The molecule has 84 valence electrons. The maximum Gasteiger partial charge on any atom is 0.0509 e. The Morgan fingerprint density at radius 3 is 2.79 bits per heavy atom. The van der Waals surface area contributed by atoms with Gasteiger partial charge in [0, 0.05) is 12.6 Å². The third-order valence-corrected chi connectivity index (χ3v) is 3.00. The topological polar surface area (TPSA) is 21.3 Å². The fraction of sp³-hybridized carbons (Fsp3) is 1.00. The molecule has 0 saturated heterocycles. The van der Waals surface area contributed by atoms with E-state index in [1.807, 2.05) is 0 Å². The minimum absolute atomic E-state index is 0.729. The molecule has 0 aromatic carbocycles. The highest BCUT2D eigenvalue weighted by molar-refractivity contribution is 4.82. The zero-order valence-corrected chi connectivity index (χ0v) is 9.72. The lowest BCUT2D eigenvalue weighted by molar-refractivity contribution is 0.0924. The summed E-state index contributed by atoms with van der Waals surface area (Å²) in [5, 5.41) is 3.63. The van der Waals surface area contributed by atoms with Gasteiger partial charge in [-0.25, -0.2) is 0 Å². The Kier molecular flexibility index (Phi) is 6.20. The quantitative estimate of drug-likeness (QED) is 0.636. The summed E-state index contributed by atoms with van der Waals surface area (Å²) in [6, 6.07) is 0.729. The second kappa shape index (κ2) is 7.24. The molecule has 0 spiro atoms. The van der Waals surface area contributed by atoms with Crippen LogP contribution in [0.4, 0.5) is 0 Å². The summed E-state index contributed by atoms with van der Waals surface area (Å²) in [6.45, 7) is 7.45. The SMILES string of the molecule is CCCNC1CCCC1COCCC. The normalized spacial score (nSPS) is 27.0. The Hall–Kier alpha value is -0.0800. The number of nitrogens with one attached hydrogen (secondary N) is 1. The highest BCUT2D eigenvalue weighted by Crippen LogP contribution is 2.25. The number of rotatable bonds is 7. The summed E-state index contributed by atoms with van der Waals surface area (Å²) in [5.41, 5.74) is 0. The predicted octanol–water partition coefficient (Wildman–Crippen LogP) is 2.58. The number of hydrogen-bond acceptors (Lipinski definition) is 2. The fourth-order valence-corrected chi connectivity index (χ4v) is 2.21. The van der Waals surface area contributed by atoms with Crippen LogP contribution >= 0.6 is 0 Å². The standard InChI is InChI=1S/C12H25NO/c1-3-8-13-12-7-5-6-11(12)10-14-9-4-2/h11-13H,3-10H2,1-2H3. The van der Waals surface area contributed by atoms with Crippen LogP contribution in [0.25, 0.3) is 0 Å². The van der Waals surface area contributed by atoms with Crippen molar-refractivity contribution in [1.82, 2.24) is 5.32 Å². The van der Waals surface area contributed by atoms with Crippen molar-refractivity contribution < 1.29 is 4.74 Å². The lowest BCUT2D eigenvalue weighted by Crippen LogP contribution is -2.35. The second-order valence-corrected chi connectivity index (χ2v) is 4.33. The predicted molar refractivity (Wildman–Crippen MR) is 60.5 cm³/mol. The first kappa shape index (κ1) is 12.0. The van der Waals surface area contributed by atoms with Crippen molar-refractivity contribution in [2.45, 2.75) is 52.0 Å². The van der Waals surface area contributed by atoms with Crippen molar-refractivity contribution in [2.75, 3.05) is 19.8 Å². The van der Waals surface area contributed by atoms with Gasteiger partial charge in [0.15, 0.2) is 0 Å². The van der Waals surface area contributed by atoms with Gasteiger partial charge in [0.1, 0.15) is 0 Å². The number of hydrogen-bond donors (Lipinski definition) is 1. The van der Waals surface area contributed by atoms with Crippen molar-refractivity contribution in [3.05, 3.63) is 0 Å². The molecule has 2 nitrogen and oxygen atoms in total. The fourth-order valence-electron chi connectivity index (χ4n) is 2.21. The van der Waals surface area contributed by atoms with Crippen LogP contribution in [-0.2, 0) is 4.74 Å². The van der Waals surface area contributed by atoms with Crippen molar-refractivity contribution in [2.24, 2.45) is 5.92 Å². The first-order valence-electron chi connectivity index (χ1n) is 6.19. The summed E-state index contributed by atoms with van der Waals surface area (Å²) >= 11 is 0. The maximum absolute atomic E-state index is 5.64. The third-order valence-electron chi connectivity index (χ3n) is 3.00. The van der Waals surface area contributed by atoms with E-state index in [1.54, 1.807) is 0 Å². The van der Waals surface area contributed by atoms with Crippen LogP contribution < -0.4 is 5.32 Å². The molecule has 2 heteroatoms. The summed E-state index contributed by atoms with van der Waals surface area (Å²) in [5.74, 6) is 0.771. The molecule has 1 N–H and O–H groups in total. The van der Waals surface area contributed by atoms with E-state index in [0.29, 0.717) is 0 Å². The monoisotopic (exact) mass is 199 g/mol. The average molecular weight is 199 g/mol. The van der Waals surface area contributed by atoms with E-state index in [-0.39, 0.29) is 0 Å². The van der Waals surface area contributed by atoms with Crippen LogP contribution in [-0.4, -0.2) is 25.8 Å². The molecule has 1 saturated carbocycles. The highest BCUT2D eigenvalue weighted by atomic mass is 16.5. The first-order chi connectivity index (χ1) is 6.88. The van der Waals surface area contributed by atoms with Gasteiger partial charge in [0.2, 0.25) is 0 Å². The Labute approximate surface area is 88.4 Å². The second-order valence-electron chi connectivity index (χ2n) is 4.33. The van der Waals surface area contributed by atoms with Crippen molar-refractivity contribution in [3.8, 4) is 0 Å². The molecular formula is C12H25NO. The smallest absolute Gasteiger partial charge is 0.0509 e. The Balaban J connectivity index is 2.14. The summed E-state index contributed by atoms with van der Waals surface area (Å²) < 4.78 is 5.64. The minimum Gasteiger partial charge on any atom is -0.381 e. The molecule has 14 heavy (non-hydrogen) atoms. The zero-order valence-electron chi connectivity index (χ0n) is 9.72. The molecule has 0 aromatic heterocycles. The van der Waals surface area contributed by atoms with Crippen molar-refractivity contribution in [3.63, 3.8) is 0 Å². The molecule has 0 amide bonds. The van der Waals surface area contributed by atoms with Crippen LogP contribution in [0.1, 0.15) is 46.0 Å².